The second kappa shape index (κ2) is 6.52. The molecule has 1 aliphatic carbocycles. The zero-order chi connectivity index (χ0) is 16.4. The van der Waals surface area contributed by atoms with Crippen LogP contribution in [0, 0.1) is 0 Å². The lowest BCUT2D eigenvalue weighted by Gasteiger charge is -2.35. The van der Waals surface area contributed by atoms with E-state index in [1.807, 2.05) is 31.2 Å². The van der Waals surface area contributed by atoms with Gasteiger partial charge in [0.05, 0.1) is 0 Å². The highest BCUT2D eigenvalue weighted by Crippen LogP contribution is 2.33. The van der Waals surface area contributed by atoms with Gasteiger partial charge in [0.2, 0.25) is 11.8 Å². The number of likely N-dealkylation sites (tertiary alicyclic amines) is 1. The topological polar surface area (TPSA) is 49.4 Å². The molecular weight excluding hydrogens is 312 g/mol. The van der Waals surface area contributed by atoms with Gasteiger partial charge in [0.15, 0.2) is 0 Å². The van der Waals surface area contributed by atoms with Crippen LogP contribution in [0.5, 0.6) is 0 Å². The van der Waals surface area contributed by atoms with Crippen molar-refractivity contribution in [1.82, 2.24) is 10.2 Å². The molecule has 1 N–H and O–H groups in total. The SMILES string of the molecule is C[C@@]1(C(=O)NC2CCCC2)CCC(=O)N1Cc1ccccc1Cl. The van der Waals surface area contributed by atoms with E-state index in [1.165, 1.54) is 12.8 Å². The fraction of sp³-hybridized carbons (Fsp3) is 0.556. The van der Waals surface area contributed by atoms with E-state index in [-0.39, 0.29) is 17.9 Å². The van der Waals surface area contributed by atoms with Crippen molar-refractivity contribution < 1.29 is 9.59 Å². The minimum absolute atomic E-state index is 0.0222. The summed E-state index contributed by atoms with van der Waals surface area (Å²) in [4.78, 5) is 26.9. The van der Waals surface area contributed by atoms with Crippen molar-refractivity contribution in [2.45, 2.75) is 63.6 Å². The molecule has 1 aromatic carbocycles. The number of halogens is 1. The summed E-state index contributed by atoms with van der Waals surface area (Å²) < 4.78 is 0. The Balaban J connectivity index is 1.77. The Kier molecular flexibility index (Phi) is 4.62. The van der Waals surface area contributed by atoms with Gasteiger partial charge >= 0.3 is 0 Å². The summed E-state index contributed by atoms with van der Waals surface area (Å²) >= 11 is 6.22. The molecule has 1 aromatic rings. The number of benzene rings is 1. The van der Waals surface area contributed by atoms with Crippen LogP contribution >= 0.6 is 11.6 Å². The first-order valence-corrected chi connectivity index (χ1v) is 8.73. The van der Waals surface area contributed by atoms with Crippen molar-refractivity contribution >= 4 is 23.4 Å². The smallest absolute Gasteiger partial charge is 0.245 e. The van der Waals surface area contributed by atoms with E-state index in [0.717, 1.165) is 18.4 Å². The Labute approximate surface area is 142 Å². The summed E-state index contributed by atoms with van der Waals surface area (Å²) in [7, 11) is 0. The van der Waals surface area contributed by atoms with Gasteiger partial charge in [0.1, 0.15) is 5.54 Å². The first-order valence-electron chi connectivity index (χ1n) is 8.35. The minimum atomic E-state index is -0.779. The summed E-state index contributed by atoms with van der Waals surface area (Å²) in [5.74, 6) is -0.00343. The molecule has 1 saturated carbocycles. The molecule has 23 heavy (non-hydrogen) atoms. The Morgan fingerprint density at radius 1 is 1.35 bits per heavy atom. The van der Waals surface area contributed by atoms with Gasteiger partial charge in [-0.3, -0.25) is 9.59 Å². The zero-order valence-corrected chi connectivity index (χ0v) is 14.2. The average molecular weight is 335 g/mol. The molecule has 3 rings (SSSR count). The molecule has 0 unspecified atom stereocenters. The van der Waals surface area contributed by atoms with Gasteiger partial charge in [0.25, 0.3) is 0 Å². The van der Waals surface area contributed by atoms with Crippen LogP contribution in [0.2, 0.25) is 5.02 Å². The third kappa shape index (κ3) is 3.23. The lowest BCUT2D eigenvalue weighted by atomic mass is 9.96. The first-order chi connectivity index (χ1) is 11.0. The fourth-order valence-corrected chi connectivity index (χ4v) is 3.80. The minimum Gasteiger partial charge on any atom is -0.351 e. The molecule has 1 saturated heterocycles. The molecule has 2 aliphatic rings. The number of carbonyl (C=O) groups is 2. The van der Waals surface area contributed by atoms with Crippen molar-refractivity contribution in [3.8, 4) is 0 Å². The fourth-order valence-electron chi connectivity index (χ4n) is 3.60. The van der Waals surface area contributed by atoms with Crippen LogP contribution in [-0.4, -0.2) is 28.3 Å². The van der Waals surface area contributed by atoms with E-state index in [1.54, 1.807) is 4.90 Å². The van der Waals surface area contributed by atoms with Crippen LogP contribution in [0.4, 0.5) is 0 Å². The molecular formula is C18H23ClN2O2. The van der Waals surface area contributed by atoms with Gasteiger partial charge in [-0.05, 0) is 37.8 Å². The van der Waals surface area contributed by atoms with E-state index in [2.05, 4.69) is 5.32 Å². The average Bonchev–Trinajstić information content (AvgIpc) is 3.13. The van der Waals surface area contributed by atoms with E-state index in [0.29, 0.717) is 24.4 Å². The number of rotatable bonds is 4. The molecule has 5 heteroatoms. The number of hydrogen-bond donors (Lipinski definition) is 1. The summed E-state index contributed by atoms with van der Waals surface area (Å²) in [6, 6.07) is 7.75. The van der Waals surface area contributed by atoms with Gasteiger partial charge in [0, 0.05) is 24.0 Å². The van der Waals surface area contributed by atoms with Crippen LogP contribution < -0.4 is 5.32 Å². The van der Waals surface area contributed by atoms with Crippen molar-refractivity contribution in [1.29, 1.82) is 0 Å². The molecule has 0 spiro atoms. The summed E-state index contributed by atoms with van der Waals surface area (Å²) in [6.45, 7) is 2.26. The Morgan fingerprint density at radius 3 is 2.74 bits per heavy atom. The van der Waals surface area contributed by atoms with Gasteiger partial charge in [-0.25, -0.2) is 0 Å². The summed E-state index contributed by atoms with van der Waals surface area (Å²) in [6.07, 6.45) is 5.41. The number of nitrogens with one attached hydrogen (secondary N) is 1. The molecule has 4 nitrogen and oxygen atoms in total. The van der Waals surface area contributed by atoms with Crippen LogP contribution in [0.15, 0.2) is 24.3 Å². The summed E-state index contributed by atoms with van der Waals surface area (Å²) in [5, 5.41) is 3.78. The molecule has 2 amide bonds. The lowest BCUT2D eigenvalue weighted by molar-refractivity contribution is -0.141. The van der Waals surface area contributed by atoms with E-state index < -0.39 is 5.54 Å². The second-order valence-electron chi connectivity index (χ2n) is 6.80. The number of nitrogens with zero attached hydrogens (tertiary/aromatic N) is 1. The van der Waals surface area contributed by atoms with E-state index in [4.69, 9.17) is 11.6 Å². The lowest BCUT2D eigenvalue weighted by Crippen LogP contribution is -2.55. The quantitative estimate of drug-likeness (QED) is 0.918. The molecule has 1 atom stereocenters. The predicted molar refractivity (Wildman–Crippen MR) is 90.0 cm³/mol. The highest BCUT2D eigenvalue weighted by atomic mass is 35.5. The molecule has 1 aliphatic heterocycles. The molecule has 0 aromatic heterocycles. The van der Waals surface area contributed by atoms with Crippen molar-refractivity contribution in [2.75, 3.05) is 0 Å². The Bertz CT molecular complexity index is 613. The van der Waals surface area contributed by atoms with Crippen LogP contribution in [0.3, 0.4) is 0 Å². The Morgan fingerprint density at radius 2 is 2.04 bits per heavy atom. The van der Waals surface area contributed by atoms with Crippen molar-refractivity contribution in [3.63, 3.8) is 0 Å². The Hall–Kier alpha value is -1.55. The molecule has 124 valence electrons. The third-order valence-electron chi connectivity index (χ3n) is 5.19. The highest BCUT2D eigenvalue weighted by Gasteiger charge is 2.47. The predicted octanol–water partition coefficient (Wildman–Crippen LogP) is 3.28. The number of hydrogen-bond acceptors (Lipinski definition) is 2. The maximum Gasteiger partial charge on any atom is 0.245 e. The van der Waals surface area contributed by atoms with Gasteiger partial charge in [-0.15, -0.1) is 0 Å². The summed E-state index contributed by atoms with van der Waals surface area (Å²) in [5.41, 5.74) is 0.100. The normalized spacial score (nSPS) is 25.1. The van der Waals surface area contributed by atoms with Crippen molar-refractivity contribution in [3.05, 3.63) is 34.9 Å². The second-order valence-corrected chi connectivity index (χ2v) is 7.21. The molecule has 1 heterocycles. The molecule has 0 bridgehead atoms. The number of amides is 2. The zero-order valence-electron chi connectivity index (χ0n) is 13.5. The first kappa shape index (κ1) is 16.3. The van der Waals surface area contributed by atoms with Gasteiger partial charge in [-0.1, -0.05) is 42.6 Å². The van der Waals surface area contributed by atoms with Crippen LogP contribution in [0.25, 0.3) is 0 Å². The van der Waals surface area contributed by atoms with Crippen LogP contribution in [0.1, 0.15) is 51.0 Å². The maximum atomic E-state index is 12.8. The van der Waals surface area contributed by atoms with E-state index >= 15 is 0 Å². The number of carbonyl (C=O) groups excluding carboxylic acids is 2. The monoisotopic (exact) mass is 334 g/mol. The van der Waals surface area contributed by atoms with E-state index in [9.17, 15) is 9.59 Å². The van der Waals surface area contributed by atoms with Gasteiger partial charge < -0.3 is 10.2 Å². The molecule has 2 fully saturated rings. The highest BCUT2D eigenvalue weighted by molar-refractivity contribution is 6.31. The van der Waals surface area contributed by atoms with Gasteiger partial charge in [-0.2, -0.15) is 0 Å². The van der Waals surface area contributed by atoms with Crippen molar-refractivity contribution in [2.24, 2.45) is 0 Å². The third-order valence-corrected chi connectivity index (χ3v) is 5.56. The van der Waals surface area contributed by atoms with Crippen LogP contribution in [-0.2, 0) is 16.1 Å². The largest absolute Gasteiger partial charge is 0.351 e. The maximum absolute atomic E-state index is 12.8. The molecule has 0 radical (unpaired) electrons. The standard InChI is InChI=1S/C18H23ClN2O2/c1-18(17(23)20-14-7-3-4-8-14)11-10-16(22)21(18)12-13-6-2-5-9-15(13)19/h2,5-6,9,14H,3-4,7-8,10-12H2,1H3,(H,20,23)/t18-/m0/s1.